The van der Waals surface area contributed by atoms with Crippen LogP contribution >= 0.6 is 0 Å². The lowest BCUT2D eigenvalue weighted by Gasteiger charge is -2.24. The molecule has 0 aliphatic heterocycles. The first-order valence-corrected chi connectivity index (χ1v) is 11.9. The minimum atomic E-state index is 0.602. The molecule has 1 aromatic heterocycles. The Balaban J connectivity index is 1.74. The molecule has 0 aliphatic rings. The van der Waals surface area contributed by atoms with Crippen LogP contribution in [0.3, 0.4) is 0 Å². The van der Waals surface area contributed by atoms with Crippen molar-refractivity contribution in [2.24, 2.45) is 5.92 Å². The fourth-order valence-electron chi connectivity index (χ4n) is 4.45. The Bertz CT molecular complexity index is 576. The van der Waals surface area contributed by atoms with Gasteiger partial charge in [0.1, 0.15) is 18.4 Å². The van der Waals surface area contributed by atoms with Gasteiger partial charge in [0.2, 0.25) is 6.33 Å². The molecule has 156 valence electrons. The molecule has 0 spiro atoms. The SMILES string of the molecule is CCCCCCCCCCCCC(C(CC)Cc1ccccc1)[n+]1cc[nH]c1. The number of hydrogen-bond donors (Lipinski definition) is 1. The summed E-state index contributed by atoms with van der Waals surface area (Å²) in [6, 6.07) is 11.6. The van der Waals surface area contributed by atoms with Crippen LogP contribution in [0.2, 0.25) is 0 Å². The van der Waals surface area contributed by atoms with E-state index in [0.717, 1.165) is 0 Å². The molecule has 1 N–H and O–H groups in total. The van der Waals surface area contributed by atoms with E-state index in [1.807, 2.05) is 0 Å². The molecule has 0 radical (unpaired) electrons. The second-order valence-electron chi connectivity index (χ2n) is 8.45. The van der Waals surface area contributed by atoms with Crippen LogP contribution in [0.25, 0.3) is 0 Å². The molecule has 0 aliphatic carbocycles. The highest BCUT2D eigenvalue weighted by Gasteiger charge is 2.25. The Morgan fingerprint density at radius 3 is 2.04 bits per heavy atom. The van der Waals surface area contributed by atoms with Crippen molar-refractivity contribution in [3.05, 3.63) is 54.6 Å². The summed E-state index contributed by atoms with van der Waals surface area (Å²) in [6.45, 7) is 4.65. The van der Waals surface area contributed by atoms with E-state index in [-0.39, 0.29) is 0 Å². The molecule has 2 atom stereocenters. The normalized spacial score (nSPS) is 13.5. The molecule has 0 amide bonds. The molecule has 28 heavy (non-hydrogen) atoms. The van der Waals surface area contributed by atoms with Crippen LogP contribution in [0.5, 0.6) is 0 Å². The number of imidazole rings is 1. The molecule has 2 rings (SSSR count). The van der Waals surface area contributed by atoms with Crippen LogP contribution in [-0.4, -0.2) is 4.98 Å². The van der Waals surface area contributed by atoms with Crippen molar-refractivity contribution >= 4 is 0 Å². The summed E-state index contributed by atoms with van der Waals surface area (Å²) >= 11 is 0. The summed E-state index contributed by atoms with van der Waals surface area (Å²) in [5.74, 6) is 0.696. The van der Waals surface area contributed by atoms with Crippen LogP contribution < -0.4 is 4.57 Å². The van der Waals surface area contributed by atoms with Gasteiger partial charge in [-0.25, -0.2) is 4.57 Å². The number of nitrogens with zero attached hydrogens (tertiary/aromatic N) is 1. The van der Waals surface area contributed by atoms with Gasteiger partial charge in [-0.3, -0.25) is 4.98 Å². The monoisotopic (exact) mass is 383 g/mol. The predicted octanol–water partition coefficient (Wildman–Crippen LogP) is 7.42. The lowest BCUT2D eigenvalue weighted by atomic mass is 9.86. The van der Waals surface area contributed by atoms with Gasteiger partial charge < -0.3 is 0 Å². The molecular formula is C26H43N2+. The maximum atomic E-state index is 3.26. The summed E-state index contributed by atoms with van der Waals surface area (Å²) in [4.78, 5) is 3.26. The summed E-state index contributed by atoms with van der Waals surface area (Å²) in [5.41, 5.74) is 1.47. The topological polar surface area (TPSA) is 19.7 Å². The maximum absolute atomic E-state index is 3.26. The first-order valence-electron chi connectivity index (χ1n) is 11.9. The van der Waals surface area contributed by atoms with Crippen LogP contribution in [-0.2, 0) is 6.42 Å². The number of nitrogens with one attached hydrogen (secondary N) is 1. The van der Waals surface area contributed by atoms with E-state index < -0.39 is 0 Å². The number of unbranched alkanes of at least 4 members (excludes halogenated alkanes) is 9. The molecule has 0 fully saturated rings. The second-order valence-corrected chi connectivity index (χ2v) is 8.45. The lowest BCUT2D eigenvalue weighted by molar-refractivity contribution is -0.730. The quantitative estimate of drug-likeness (QED) is 0.230. The summed E-state index contributed by atoms with van der Waals surface area (Å²) in [6.07, 6.45) is 24.2. The summed E-state index contributed by atoms with van der Waals surface area (Å²) in [5, 5.41) is 0. The molecule has 1 heterocycles. The zero-order valence-corrected chi connectivity index (χ0v) is 18.4. The van der Waals surface area contributed by atoms with E-state index in [9.17, 15) is 0 Å². The molecule has 2 nitrogen and oxygen atoms in total. The highest BCUT2D eigenvalue weighted by molar-refractivity contribution is 5.15. The van der Waals surface area contributed by atoms with Crippen LogP contribution in [0.1, 0.15) is 103 Å². The summed E-state index contributed by atoms with van der Waals surface area (Å²) in [7, 11) is 0. The van der Waals surface area contributed by atoms with Crippen LogP contribution in [0, 0.1) is 5.92 Å². The number of hydrogen-bond acceptors (Lipinski definition) is 0. The predicted molar refractivity (Wildman–Crippen MR) is 120 cm³/mol. The third-order valence-electron chi connectivity index (χ3n) is 6.21. The Labute approximate surface area is 173 Å². The molecule has 2 heteroatoms. The fraction of sp³-hybridized carbons (Fsp3) is 0.654. The second kappa shape index (κ2) is 14.4. The molecule has 2 aromatic rings. The Morgan fingerprint density at radius 1 is 0.821 bits per heavy atom. The van der Waals surface area contributed by atoms with E-state index in [1.54, 1.807) is 0 Å². The standard InChI is InChI=1S/C26H42N2/c1-3-5-6-7-8-9-10-11-12-16-19-26(28-21-20-27-23-28)25(4-2)22-24-17-14-13-15-18-24/h13-15,17-18,20-21,23,25-26H,3-12,16,19,22H2,1-2H3/p+1. The fourth-order valence-corrected chi connectivity index (χ4v) is 4.45. The smallest absolute Gasteiger partial charge is 0.241 e. The van der Waals surface area contributed by atoms with Crippen molar-refractivity contribution in [2.45, 2.75) is 103 Å². The van der Waals surface area contributed by atoms with Crippen LogP contribution in [0.15, 0.2) is 49.1 Å². The minimum absolute atomic E-state index is 0.602. The Hall–Kier alpha value is -1.57. The first-order chi connectivity index (χ1) is 13.8. The average Bonchev–Trinajstić information content (AvgIpc) is 3.26. The van der Waals surface area contributed by atoms with Gasteiger partial charge in [-0.1, -0.05) is 102 Å². The van der Waals surface area contributed by atoms with Gasteiger partial charge in [-0.05, 0) is 31.2 Å². The lowest BCUT2D eigenvalue weighted by Crippen LogP contribution is -2.42. The number of aromatic amines is 1. The maximum Gasteiger partial charge on any atom is 0.241 e. The number of aromatic nitrogens is 2. The van der Waals surface area contributed by atoms with E-state index in [2.05, 4.69) is 72.5 Å². The third kappa shape index (κ3) is 8.63. The zero-order valence-electron chi connectivity index (χ0n) is 18.4. The van der Waals surface area contributed by atoms with Gasteiger partial charge in [0.05, 0.1) is 0 Å². The molecule has 0 saturated carbocycles. The minimum Gasteiger partial charge on any atom is -0.250 e. The van der Waals surface area contributed by atoms with Gasteiger partial charge in [-0.2, -0.15) is 0 Å². The largest absolute Gasteiger partial charge is 0.250 e. The van der Waals surface area contributed by atoms with Crippen LogP contribution in [0.4, 0.5) is 0 Å². The third-order valence-corrected chi connectivity index (χ3v) is 6.21. The average molecular weight is 384 g/mol. The summed E-state index contributed by atoms with van der Waals surface area (Å²) < 4.78 is 2.42. The van der Waals surface area contributed by atoms with Gasteiger partial charge in [0.25, 0.3) is 0 Å². The molecule has 0 saturated heterocycles. The number of benzene rings is 1. The van der Waals surface area contributed by atoms with Crippen molar-refractivity contribution < 1.29 is 4.57 Å². The molecular weight excluding hydrogens is 340 g/mol. The van der Waals surface area contributed by atoms with Gasteiger partial charge in [0.15, 0.2) is 0 Å². The molecule has 2 unspecified atom stereocenters. The highest BCUT2D eigenvalue weighted by Crippen LogP contribution is 2.26. The molecule has 0 bridgehead atoms. The van der Waals surface area contributed by atoms with Crippen molar-refractivity contribution in [3.8, 4) is 0 Å². The van der Waals surface area contributed by atoms with E-state index >= 15 is 0 Å². The van der Waals surface area contributed by atoms with Crippen molar-refractivity contribution in [3.63, 3.8) is 0 Å². The number of H-pyrrole nitrogens is 1. The zero-order chi connectivity index (χ0) is 19.9. The van der Waals surface area contributed by atoms with E-state index in [1.165, 1.54) is 89.0 Å². The Morgan fingerprint density at radius 2 is 1.46 bits per heavy atom. The van der Waals surface area contributed by atoms with Crippen molar-refractivity contribution in [1.29, 1.82) is 0 Å². The van der Waals surface area contributed by atoms with E-state index in [0.29, 0.717) is 12.0 Å². The van der Waals surface area contributed by atoms with Gasteiger partial charge in [0, 0.05) is 5.92 Å². The van der Waals surface area contributed by atoms with Crippen molar-refractivity contribution in [1.82, 2.24) is 4.98 Å². The van der Waals surface area contributed by atoms with Crippen molar-refractivity contribution in [2.75, 3.05) is 0 Å². The Kier molecular flexibility index (Phi) is 11.7. The first kappa shape index (κ1) is 22.7. The number of rotatable bonds is 16. The van der Waals surface area contributed by atoms with Gasteiger partial charge >= 0.3 is 0 Å². The van der Waals surface area contributed by atoms with Gasteiger partial charge in [-0.15, -0.1) is 0 Å². The van der Waals surface area contributed by atoms with E-state index in [4.69, 9.17) is 0 Å². The molecule has 1 aromatic carbocycles. The highest BCUT2D eigenvalue weighted by atomic mass is 15.1.